The van der Waals surface area contributed by atoms with Crippen LogP contribution < -0.4 is 14.8 Å². The highest BCUT2D eigenvalue weighted by Gasteiger charge is 2.25. The standard InChI is InChI=1S/C20H24ClNO4/c1-20(2,3)19(24)22-15-11-12(21)9-10-13(15)17(23)14-7-6-8-16(25-4)18(14)26-5/h6-11,17,23H,1-5H3,(H,22,24)/t17-/m0/s1. The molecule has 6 heteroatoms. The summed E-state index contributed by atoms with van der Waals surface area (Å²) in [4.78, 5) is 12.4. The fourth-order valence-electron chi connectivity index (χ4n) is 2.48. The number of ether oxygens (including phenoxy) is 2. The van der Waals surface area contributed by atoms with E-state index in [-0.39, 0.29) is 5.91 Å². The van der Waals surface area contributed by atoms with Crippen LogP contribution in [-0.4, -0.2) is 25.2 Å². The third-order valence-corrected chi connectivity index (χ3v) is 4.20. The van der Waals surface area contributed by atoms with Crippen molar-refractivity contribution >= 4 is 23.2 Å². The third kappa shape index (κ3) is 4.29. The first-order chi connectivity index (χ1) is 12.2. The Morgan fingerprint density at radius 3 is 2.38 bits per heavy atom. The van der Waals surface area contributed by atoms with Crippen LogP contribution in [0.2, 0.25) is 5.02 Å². The molecule has 2 aromatic rings. The Kier molecular flexibility index (Phi) is 6.16. The van der Waals surface area contributed by atoms with Crippen LogP contribution >= 0.6 is 11.6 Å². The van der Waals surface area contributed by atoms with E-state index in [1.807, 2.05) is 20.8 Å². The molecule has 1 atom stereocenters. The molecule has 0 saturated carbocycles. The molecule has 2 rings (SSSR count). The van der Waals surface area contributed by atoms with Crippen LogP contribution in [0.25, 0.3) is 0 Å². The van der Waals surface area contributed by atoms with E-state index in [2.05, 4.69) is 5.32 Å². The summed E-state index contributed by atoms with van der Waals surface area (Å²) < 4.78 is 10.7. The number of rotatable bonds is 5. The zero-order chi connectivity index (χ0) is 19.5. The van der Waals surface area contributed by atoms with Crippen LogP contribution in [-0.2, 0) is 4.79 Å². The zero-order valence-electron chi connectivity index (χ0n) is 15.6. The van der Waals surface area contributed by atoms with Gasteiger partial charge in [-0.1, -0.05) is 50.6 Å². The molecule has 0 aromatic heterocycles. The Balaban J connectivity index is 2.50. The van der Waals surface area contributed by atoms with Crippen molar-refractivity contribution in [2.45, 2.75) is 26.9 Å². The van der Waals surface area contributed by atoms with Gasteiger partial charge in [-0.15, -0.1) is 0 Å². The summed E-state index contributed by atoms with van der Waals surface area (Å²) in [5, 5.41) is 14.3. The van der Waals surface area contributed by atoms with E-state index in [9.17, 15) is 9.90 Å². The molecule has 0 aliphatic rings. The van der Waals surface area contributed by atoms with Crippen molar-refractivity contribution in [2.24, 2.45) is 5.41 Å². The van der Waals surface area contributed by atoms with Gasteiger partial charge in [0.05, 0.1) is 14.2 Å². The molecule has 0 saturated heterocycles. The third-order valence-electron chi connectivity index (χ3n) is 3.97. The average Bonchev–Trinajstić information content (AvgIpc) is 2.59. The average molecular weight is 378 g/mol. The maximum atomic E-state index is 12.4. The summed E-state index contributed by atoms with van der Waals surface area (Å²) in [5.41, 5.74) is 0.909. The largest absolute Gasteiger partial charge is 0.493 e. The molecule has 140 valence electrons. The first kappa shape index (κ1) is 20.1. The first-order valence-corrected chi connectivity index (χ1v) is 8.56. The molecular formula is C20H24ClNO4. The highest BCUT2D eigenvalue weighted by molar-refractivity contribution is 6.31. The van der Waals surface area contributed by atoms with Gasteiger partial charge in [0.15, 0.2) is 11.5 Å². The molecule has 0 fully saturated rings. The molecule has 0 heterocycles. The molecule has 0 radical (unpaired) electrons. The molecule has 0 spiro atoms. The number of aliphatic hydroxyl groups excluding tert-OH is 1. The van der Waals surface area contributed by atoms with Crippen molar-refractivity contribution in [3.05, 3.63) is 52.5 Å². The van der Waals surface area contributed by atoms with E-state index in [0.29, 0.717) is 33.3 Å². The number of hydrogen-bond donors (Lipinski definition) is 2. The second-order valence-corrected chi connectivity index (χ2v) is 7.36. The van der Waals surface area contributed by atoms with Crippen molar-refractivity contribution in [3.63, 3.8) is 0 Å². The Labute approximate surface area is 158 Å². The normalized spacial score (nSPS) is 12.4. The molecule has 1 amide bonds. The van der Waals surface area contributed by atoms with E-state index in [1.165, 1.54) is 14.2 Å². The molecule has 2 N–H and O–H groups in total. The topological polar surface area (TPSA) is 67.8 Å². The summed E-state index contributed by atoms with van der Waals surface area (Å²) in [6.07, 6.45) is -1.03. The van der Waals surface area contributed by atoms with Crippen molar-refractivity contribution in [2.75, 3.05) is 19.5 Å². The maximum Gasteiger partial charge on any atom is 0.229 e. The number of benzene rings is 2. The molecular weight excluding hydrogens is 354 g/mol. The lowest BCUT2D eigenvalue weighted by atomic mass is 9.94. The van der Waals surface area contributed by atoms with E-state index in [4.69, 9.17) is 21.1 Å². The Morgan fingerprint density at radius 1 is 1.12 bits per heavy atom. The lowest BCUT2D eigenvalue weighted by molar-refractivity contribution is -0.123. The number of hydrogen-bond acceptors (Lipinski definition) is 4. The molecule has 0 aliphatic carbocycles. The van der Waals surface area contributed by atoms with Gasteiger partial charge in [-0.25, -0.2) is 0 Å². The first-order valence-electron chi connectivity index (χ1n) is 8.19. The number of carbonyl (C=O) groups is 1. The minimum absolute atomic E-state index is 0.175. The highest BCUT2D eigenvalue weighted by atomic mass is 35.5. The second-order valence-electron chi connectivity index (χ2n) is 6.92. The van der Waals surface area contributed by atoms with Crippen LogP contribution in [0, 0.1) is 5.41 Å². The van der Waals surface area contributed by atoms with Crippen LogP contribution in [0.5, 0.6) is 11.5 Å². The molecule has 5 nitrogen and oxygen atoms in total. The van der Waals surface area contributed by atoms with E-state index < -0.39 is 11.5 Å². The Bertz CT molecular complexity index is 799. The lowest BCUT2D eigenvalue weighted by Crippen LogP contribution is -2.28. The van der Waals surface area contributed by atoms with Crippen molar-refractivity contribution < 1.29 is 19.4 Å². The van der Waals surface area contributed by atoms with Gasteiger partial charge in [-0.2, -0.15) is 0 Å². The van der Waals surface area contributed by atoms with Crippen molar-refractivity contribution in [1.82, 2.24) is 0 Å². The van der Waals surface area contributed by atoms with Crippen LogP contribution in [0.15, 0.2) is 36.4 Å². The zero-order valence-corrected chi connectivity index (χ0v) is 16.3. The van der Waals surface area contributed by atoms with Gasteiger partial charge in [-0.3, -0.25) is 4.79 Å². The van der Waals surface area contributed by atoms with E-state index in [0.717, 1.165) is 0 Å². The molecule has 26 heavy (non-hydrogen) atoms. The number of aliphatic hydroxyl groups is 1. The molecule has 2 aromatic carbocycles. The number of anilines is 1. The summed E-state index contributed by atoms with van der Waals surface area (Å²) in [6.45, 7) is 5.44. The quantitative estimate of drug-likeness (QED) is 0.809. The number of halogens is 1. The number of nitrogens with one attached hydrogen (secondary N) is 1. The number of para-hydroxylation sites is 1. The predicted octanol–water partition coefficient (Wildman–Crippen LogP) is 4.42. The minimum Gasteiger partial charge on any atom is -0.493 e. The van der Waals surface area contributed by atoms with Gasteiger partial charge in [0, 0.05) is 27.3 Å². The van der Waals surface area contributed by atoms with E-state index >= 15 is 0 Å². The fourth-order valence-corrected chi connectivity index (χ4v) is 2.65. The minimum atomic E-state index is -1.03. The smallest absolute Gasteiger partial charge is 0.229 e. The van der Waals surface area contributed by atoms with E-state index in [1.54, 1.807) is 36.4 Å². The predicted molar refractivity (Wildman–Crippen MR) is 103 cm³/mol. The molecule has 0 unspecified atom stereocenters. The number of methoxy groups -OCH3 is 2. The highest BCUT2D eigenvalue weighted by Crippen LogP contribution is 2.39. The number of carbonyl (C=O) groups excluding carboxylic acids is 1. The van der Waals surface area contributed by atoms with Gasteiger partial charge < -0.3 is 19.9 Å². The summed E-state index contributed by atoms with van der Waals surface area (Å²) in [7, 11) is 3.05. The van der Waals surface area contributed by atoms with Crippen LogP contribution in [0.3, 0.4) is 0 Å². The van der Waals surface area contributed by atoms with Gasteiger partial charge in [0.2, 0.25) is 5.91 Å². The monoisotopic (exact) mass is 377 g/mol. The molecule has 0 aliphatic heterocycles. The fraction of sp³-hybridized carbons (Fsp3) is 0.350. The maximum absolute atomic E-state index is 12.4. The van der Waals surface area contributed by atoms with Crippen LogP contribution in [0.1, 0.15) is 38.0 Å². The SMILES string of the molecule is COc1cccc([C@@H](O)c2ccc(Cl)cc2NC(=O)C(C)(C)C)c1OC. The van der Waals surface area contributed by atoms with Gasteiger partial charge >= 0.3 is 0 Å². The summed E-state index contributed by atoms with van der Waals surface area (Å²) in [6, 6.07) is 10.2. The summed E-state index contributed by atoms with van der Waals surface area (Å²) >= 11 is 6.09. The second kappa shape index (κ2) is 7.98. The Morgan fingerprint density at radius 2 is 1.81 bits per heavy atom. The van der Waals surface area contributed by atoms with Gasteiger partial charge in [0.25, 0.3) is 0 Å². The Hall–Kier alpha value is -2.24. The number of amides is 1. The van der Waals surface area contributed by atoms with Crippen molar-refractivity contribution in [3.8, 4) is 11.5 Å². The van der Waals surface area contributed by atoms with Gasteiger partial charge in [0.1, 0.15) is 6.10 Å². The van der Waals surface area contributed by atoms with Gasteiger partial charge in [-0.05, 0) is 18.2 Å². The van der Waals surface area contributed by atoms with Crippen LogP contribution in [0.4, 0.5) is 5.69 Å². The summed E-state index contributed by atoms with van der Waals surface area (Å²) in [5.74, 6) is 0.773. The van der Waals surface area contributed by atoms with Crippen molar-refractivity contribution in [1.29, 1.82) is 0 Å². The lowest BCUT2D eigenvalue weighted by Gasteiger charge is -2.23. The molecule has 0 bridgehead atoms.